The number of alkyl halides is 3. The third-order valence-corrected chi connectivity index (χ3v) is 5.11. The van der Waals surface area contributed by atoms with E-state index in [1.807, 2.05) is 0 Å². The molecule has 36 heavy (non-hydrogen) atoms. The average Bonchev–Trinajstić information content (AvgIpc) is 3.41. The first kappa shape index (κ1) is 26.2. The Balaban J connectivity index is 0.000000236. The zero-order valence-corrected chi connectivity index (χ0v) is 19.7. The first-order chi connectivity index (χ1) is 16.9. The van der Waals surface area contributed by atoms with Gasteiger partial charge < -0.3 is 14.8 Å². The van der Waals surface area contributed by atoms with Crippen molar-refractivity contribution in [2.75, 3.05) is 11.4 Å². The molecular weight excluding hydrogens is 483 g/mol. The molecule has 0 bridgehead atoms. The first-order valence-electron chi connectivity index (χ1n) is 10.7. The number of fused-ring (bicyclic) bond motifs is 1. The number of aromatic nitrogens is 5. The van der Waals surface area contributed by atoms with Crippen LogP contribution in [-0.2, 0) is 24.9 Å². The van der Waals surface area contributed by atoms with Crippen LogP contribution in [0.4, 0.5) is 18.9 Å². The molecule has 192 valence electrons. The zero-order valence-electron chi connectivity index (χ0n) is 19.7. The monoisotopic (exact) mass is 507 g/mol. The van der Waals surface area contributed by atoms with Gasteiger partial charge in [-0.15, -0.1) is 0 Å². The standard InChI is InChI=1S/C13H14N6O4.C9H10F3N/c1-7-3-8(16-23-7)4-19-12(21)10-11(17(2)13(19)22)15-6-18(10)5-9(14)20;1-2-13(9(10,11)12)8-6-4-3-5-7-8/h3,6H,4-5H2,1-2H3,(H2,14,20);3-7H,2H2,1H3. The van der Waals surface area contributed by atoms with Gasteiger partial charge in [-0.25, -0.2) is 9.78 Å². The van der Waals surface area contributed by atoms with Crippen LogP contribution in [0.2, 0.25) is 0 Å². The number of amides is 1. The summed E-state index contributed by atoms with van der Waals surface area (Å²) in [7, 11) is 1.50. The molecule has 0 saturated heterocycles. The molecule has 3 aromatic heterocycles. The van der Waals surface area contributed by atoms with Crippen LogP contribution >= 0.6 is 0 Å². The molecule has 14 heteroatoms. The molecule has 2 N–H and O–H groups in total. The van der Waals surface area contributed by atoms with Gasteiger partial charge in [-0.2, -0.15) is 13.2 Å². The number of carbonyl (C=O) groups excluding carboxylic acids is 1. The second kappa shape index (κ2) is 10.5. The molecule has 11 nitrogen and oxygen atoms in total. The lowest BCUT2D eigenvalue weighted by Gasteiger charge is -2.25. The number of imidazole rings is 1. The molecule has 3 heterocycles. The Morgan fingerprint density at radius 2 is 1.86 bits per heavy atom. The van der Waals surface area contributed by atoms with Crippen LogP contribution in [0.3, 0.4) is 0 Å². The van der Waals surface area contributed by atoms with E-state index >= 15 is 0 Å². The second-order valence-electron chi connectivity index (χ2n) is 7.72. The van der Waals surface area contributed by atoms with Crippen molar-refractivity contribution >= 4 is 22.8 Å². The molecule has 1 aromatic carbocycles. The van der Waals surface area contributed by atoms with E-state index in [1.54, 1.807) is 31.2 Å². The van der Waals surface area contributed by atoms with Crippen molar-refractivity contribution in [1.29, 1.82) is 0 Å². The highest BCUT2D eigenvalue weighted by atomic mass is 19.4. The molecule has 0 saturated carbocycles. The number of benzene rings is 1. The van der Waals surface area contributed by atoms with Crippen LogP contribution < -0.4 is 21.9 Å². The molecule has 0 aliphatic heterocycles. The van der Waals surface area contributed by atoms with E-state index in [-0.39, 0.29) is 36.5 Å². The highest BCUT2D eigenvalue weighted by Crippen LogP contribution is 2.27. The summed E-state index contributed by atoms with van der Waals surface area (Å²) >= 11 is 0. The molecule has 1 amide bonds. The van der Waals surface area contributed by atoms with Crippen LogP contribution in [0, 0.1) is 6.92 Å². The number of anilines is 1. The minimum atomic E-state index is -4.30. The number of nitrogens with zero attached hydrogens (tertiary/aromatic N) is 6. The number of halogens is 3. The number of hydrogen-bond acceptors (Lipinski definition) is 7. The zero-order chi connectivity index (χ0) is 26.6. The summed E-state index contributed by atoms with van der Waals surface area (Å²) in [4.78, 5) is 40.6. The lowest BCUT2D eigenvalue weighted by atomic mass is 10.3. The van der Waals surface area contributed by atoms with Gasteiger partial charge in [-0.3, -0.25) is 23.6 Å². The molecule has 0 unspecified atom stereocenters. The van der Waals surface area contributed by atoms with Crippen molar-refractivity contribution in [2.24, 2.45) is 12.8 Å². The van der Waals surface area contributed by atoms with Crippen LogP contribution in [0.5, 0.6) is 0 Å². The Labute approximate surface area is 202 Å². The van der Waals surface area contributed by atoms with E-state index in [1.165, 1.54) is 41.6 Å². The van der Waals surface area contributed by atoms with Gasteiger partial charge >= 0.3 is 12.0 Å². The summed E-state index contributed by atoms with van der Waals surface area (Å²) in [6.07, 6.45) is -2.99. The number of carbonyl (C=O) groups is 1. The van der Waals surface area contributed by atoms with E-state index in [0.717, 1.165) is 4.57 Å². The minimum absolute atomic E-state index is 0.0411. The third kappa shape index (κ3) is 5.64. The number of rotatable bonds is 6. The first-order valence-corrected chi connectivity index (χ1v) is 10.7. The van der Waals surface area contributed by atoms with Crippen LogP contribution in [0.25, 0.3) is 11.2 Å². The highest BCUT2D eigenvalue weighted by molar-refractivity contribution is 5.77. The van der Waals surface area contributed by atoms with Gasteiger partial charge in [0, 0.05) is 25.3 Å². The summed E-state index contributed by atoms with van der Waals surface area (Å²) in [6, 6.07) is 9.38. The van der Waals surface area contributed by atoms with Crippen LogP contribution in [-0.4, -0.2) is 42.6 Å². The van der Waals surface area contributed by atoms with Gasteiger partial charge in [0.1, 0.15) is 18.0 Å². The van der Waals surface area contributed by atoms with Gasteiger partial charge in [0.05, 0.1) is 12.9 Å². The van der Waals surface area contributed by atoms with E-state index in [4.69, 9.17) is 10.3 Å². The molecule has 4 aromatic rings. The van der Waals surface area contributed by atoms with Crippen LogP contribution in [0.15, 0.2) is 56.8 Å². The Hall–Kier alpha value is -4.36. The Morgan fingerprint density at radius 3 is 2.39 bits per heavy atom. The van der Waals surface area contributed by atoms with E-state index in [9.17, 15) is 27.6 Å². The third-order valence-electron chi connectivity index (χ3n) is 5.11. The van der Waals surface area contributed by atoms with Gasteiger partial charge in [-0.1, -0.05) is 23.4 Å². The highest BCUT2D eigenvalue weighted by Gasteiger charge is 2.36. The fourth-order valence-corrected chi connectivity index (χ4v) is 3.52. The second-order valence-corrected chi connectivity index (χ2v) is 7.72. The molecule has 4 rings (SSSR count). The van der Waals surface area contributed by atoms with Crippen molar-refractivity contribution in [3.63, 3.8) is 0 Å². The normalized spacial score (nSPS) is 11.3. The molecule has 0 atom stereocenters. The molecule has 0 fully saturated rings. The average molecular weight is 507 g/mol. The number of hydrogen-bond donors (Lipinski definition) is 1. The molecule has 0 spiro atoms. The summed E-state index contributed by atoms with van der Waals surface area (Å²) in [5, 5.41) is 3.78. The summed E-state index contributed by atoms with van der Waals surface area (Å²) < 4.78 is 45.5. The van der Waals surface area contributed by atoms with E-state index in [2.05, 4.69) is 10.1 Å². The van der Waals surface area contributed by atoms with E-state index in [0.29, 0.717) is 16.4 Å². The van der Waals surface area contributed by atoms with Gasteiger partial charge in [0.2, 0.25) is 5.91 Å². The van der Waals surface area contributed by atoms with Crippen molar-refractivity contribution in [1.82, 2.24) is 23.8 Å². The van der Waals surface area contributed by atoms with Crippen molar-refractivity contribution in [2.45, 2.75) is 33.2 Å². The van der Waals surface area contributed by atoms with Gasteiger partial charge in [-0.05, 0) is 26.0 Å². The quantitative estimate of drug-likeness (QED) is 0.393. The largest absolute Gasteiger partial charge is 0.484 e. The molecule has 0 aliphatic carbocycles. The Kier molecular flexibility index (Phi) is 7.65. The minimum Gasteiger partial charge on any atom is -0.368 e. The maximum atomic E-state index is 12.7. The summed E-state index contributed by atoms with van der Waals surface area (Å²) in [5.74, 6) is -0.0408. The molecule has 0 radical (unpaired) electrons. The van der Waals surface area contributed by atoms with E-state index < -0.39 is 23.5 Å². The number of nitrogens with two attached hydrogens (primary N) is 1. The summed E-state index contributed by atoms with van der Waals surface area (Å²) in [5.41, 5.74) is 5.01. The van der Waals surface area contributed by atoms with Crippen molar-refractivity contribution in [3.8, 4) is 0 Å². The number of para-hydroxylation sites is 1. The molecular formula is C22H24F3N7O4. The van der Waals surface area contributed by atoms with Crippen molar-refractivity contribution < 1.29 is 22.5 Å². The van der Waals surface area contributed by atoms with Gasteiger partial charge in [0.25, 0.3) is 5.56 Å². The summed E-state index contributed by atoms with van der Waals surface area (Å²) in [6.45, 7) is 2.87. The fraction of sp³-hybridized carbons (Fsp3) is 0.318. The maximum Gasteiger partial charge on any atom is 0.484 e. The lowest BCUT2D eigenvalue weighted by Crippen LogP contribution is -2.40. The predicted molar refractivity (Wildman–Crippen MR) is 124 cm³/mol. The van der Waals surface area contributed by atoms with Crippen molar-refractivity contribution in [3.05, 3.63) is 75.0 Å². The predicted octanol–water partition coefficient (Wildman–Crippen LogP) is 1.76. The fourth-order valence-electron chi connectivity index (χ4n) is 3.52. The number of aryl methyl sites for hydroxylation is 2. The lowest BCUT2D eigenvalue weighted by molar-refractivity contribution is -0.128. The Morgan fingerprint density at radius 1 is 1.19 bits per heavy atom. The maximum absolute atomic E-state index is 12.7. The smallest absolute Gasteiger partial charge is 0.368 e. The van der Waals surface area contributed by atoms with Crippen LogP contribution in [0.1, 0.15) is 18.4 Å². The molecule has 0 aliphatic rings. The topological polar surface area (TPSA) is 134 Å². The van der Waals surface area contributed by atoms with Gasteiger partial charge in [0.15, 0.2) is 11.2 Å². The number of primary amides is 1. The SMILES string of the molecule is CCN(c1ccccc1)C(F)(F)F.Cc1cc(Cn2c(=O)c3c(ncn3CC(N)=O)n(C)c2=O)no1. The Bertz CT molecular complexity index is 1470.